The van der Waals surface area contributed by atoms with Gasteiger partial charge >= 0.3 is 0 Å². The van der Waals surface area contributed by atoms with Gasteiger partial charge in [0.25, 0.3) is 0 Å². The lowest BCUT2D eigenvalue weighted by Gasteiger charge is -2.41. The van der Waals surface area contributed by atoms with Crippen molar-refractivity contribution in [2.45, 2.75) is 19.4 Å². The van der Waals surface area contributed by atoms with E-state index in [1.807, 2.05) is 19.1 Å². The molecule has 4 heteroatoms. The Balaban J connectivity index is 2.28. The van der Waals surface area contributed by atoms with E-state index in [-0.39, 0.29) is 0 Å². The van der Waals surface area contributed by atoms with Gasteiger partial charge in [-0.05, 0) is 12.5 Å². The van der Waals surface area contributed by atoms with Crippen LogP contribution in [0.1, 0.15) is 13.3 Å². The van der Waals surface area contributed by atoms with Crippen LogP contribution in [0.2, 0.25) is 0 Å². The van der Waals surface area contributed by atoms with Gasteiger partial charge in [-0.15, -0.1) is 0 Å². The fourth-order valence-electron chi connectivity index (χ4n) is 2.12. The first-order valence-electron chi connectivity index (χ1n) is 6.06. The molecule has 1 fully saturated rings. The summed E-state index contributed by atoms with van der Waals surface area (Å²) in [5.41, 5.74) is 7.71. The first kappa shape index (κ1) is 12.0. The number of morpholine rings is 1. The fraction of sp³-hybridized carbons (Fsp3) is 0.538. The summed E-state index contributed by atoms with van der Waals surface area (Å²) >= 11 is 0. The highest BCUT2D eigenvalue weighted by molar-refractivity contribution is 5.31. The van der Waals surface area contributed by atoms with Crippen molar-refractivity contribution < 1.29 is 9.47 Å². The van der Waals surface area contributed by atoms with E-state index in [1.165, 1.54) is 0 Å². The van der Waals surface area contributed by atoms with Crippen LogP contribution in [-0.4, -0.2) is 37.3 Å². The van der Waals surface area contributed by atoms with Crippen LogP contribution in [0.25, 0.3) is 0 Å². The molecular weight excluding hydrogens is 216 g/mol. The molecule has 0 aromatic rings. The van der Waals surface area contributed by atoms with Gasteiger partial charge in [0.2, 0.25) is 0 Å². The standard InChI is InChI=1S/C13H20N2O2/c1-3-10(14)7-13-12(4-2)15-5-6-16-8-11(15)9-17-13/h4,7,11H,2-3,5-6,8-9,14H2,1H3/b10-7+. The quantitative estimate of drug-likeness (QED) is 0.804. The topological polar surface area (TPSA) is 47.7 Å². The van der Waals surface area contributed by atoms with Crippen molar-refractivity contribution >= 4 is 0 Å². The zero-order chi connectivity index (χ0) is 12.3. The van der Waals surface area contributed by atoms with Gasteiger partial charge in [0.15, 0.2) is 0 Å². The Morgan fingerprint density at radius 1 is 1.59 bits per heavy atom. The number of hydrogen-bond acceptors (Lipinski definition) is 4. The van der Waals surface area contributed by atoms with Crippen molar-refractivity contribution in [3.8, 4) is 0 Å². The first-order chi connectivity index (χ1) is 8.26. The summed E-state index contributed by atoms with van der Waals surface area (Å²) in [5.74, 6) is 0.831. The van der Waals surface area contributed by atoms with E-state index in [1.54, 1.807) is 0 Å². The lowest BCUT2D eigenvalue weighted by atomic mass is 10.1. The number of nitrogens with zero attached hydrogens (tertiary/aromatic N) is 1. The number of allylic oxidation sites excluding steroid dienone is 3. The predicted octanol–water partition coefficient (Wildman–Crippen LogP) is 1.37. The van der Waals surface area contributed by atoms with E-state index in [9.17, 15) is 0 Å². The van der Waals surface area contributed by atoms with Crippen molar-refractivity contribution in [2.75, 3.05) is 26.4 Å². The minimum Gasteiger partial charge on any atom is -0.489 e. The molecule has 2 rings (SSSR count). The smallest absolute Gasteiger partial charge is 0.144 e. The Labute approximate surface area is 102 Å². The first-order valence-corrected chi connectivity index (χ1v) is 6.06. The molecule has 94 valence electrons. The van der Waals surface area contributed by atoms with Crippen LogP contribution < -0.4 is 5.73 Å². The molecule has 0 bridgehead atoms. The van der Waals surface area contributed by atoms with Crippen LogP contribution in [0.4, 0.5) is 0 Å². The number of fused-ring (bicyclic) bond motifs is 1. The zero-order valence-electron chi connectivity index (χ0n) is 10.3. The summed E-state index contributed by atoms with van der Waals surface area (Å²) in [5, 5.41) is 0. The van der Waals surface area contributed by atoms with E-state index in [2.05, 4.69) is 11.5 Å². The van der Waals surface area contributed by atoms with Gasteiger partial charge in [-0.2, -0.15) is 0 Å². The molecule has 4 nitrogen and oxygen atoms in total. The Morgan fingerprint density at radius 3 is 3.12 bits per heavy atom. The number of ether oxygens (including phenoxy) is 2. The van der Waals surface area contributed by atoms with Gasteiger partial charge in [0, 0.05) is 18.3 Å². The lowest BCUT2D eigenvalue weighted by Crippen LogP contribution is -2.49. The van der Waals surface area contributed by atoms with Gasteiger partial charge < -0.3 is 20.1 Å². The van der Waals surface area contributed by atoms with Gasteiger partial charge in [0.1, 0.15) is 12.4 Å². The number of hydrogen-bond donors (Lipinski definition) is 1. The number of nitrogens with two attached hydrogens (primary N) is 1. The van der Waals surface area contributed by atoms with Crippen LogP contribution in [0, 0.1) is 0 Å². The summed E-state index contributed by atoms with van der Waals surface area (Å²) in [6.45, 7) is 8.91. The predicted molar refractivity (Wildman–Crippen MR) is 67.0 cm³/mol. The van der Waals surface area contributed by atoms with Crippen LogP contribution in [-0.2, 0) is 9.47 Å². The largest absolute Gasteiger partial charge is 0.489 e. The Morgan fingerprint density at radius 2 is 2.41 bits per heavy atom. The Bertz CT molecular complexity index is 360. The highest BCUT2D eigenvalue weighted by Gasteiger charge is 2.30. The minimum atomic E-state index is 0.303. The van der Waals surface area contributed by atoms with Gasteiger partial charge in [-0.1, -0.05) is 13.5 Å². The van der Waals surface area contributed by atoms with E-state index in [0.717, 1.165) is 43.3 Å². The molecule has 2 heterocycles. The average Bonchev–Trinajstić information content (AvgIpc) is 2.38. The molecule has 0 amide bonds. The maximum absolute atomic E-state index is 5.86. The molecule has 2 N–H and O–H groups in total. The van der Waals surface area contributed by atoms with Gasteiger partial charge in [-0.3, -0.25) is 0 Å². The molecule has 0 spiro atoms. The molecule has 0 aliphatic carbocycles. The monoisotopic (exact) mass is 236 g/mol. The molecule has 2 aliphatic heterocycles. The molecule has 0 radical (unpaired) electrons. The lowest BCUT2D eigenvalue weighted by molar-refractivity contribution is -0.0319. The SMILES string of the molecule is C=CC1=C(/C=C(/N)CC)OCC2COCCN12. The van der Waals surface area contributed by atoms with Crippen molar-refractivity contribution in [2.24, 2.45) is 5.73 Å². The second-order valence-corrected chi connectivity index (χ2v) is 4.26. The molecule has 0 aromatic carbocycles. The van der Waals surface area contributed by atoms with E-state index >= 15 is 0 Å². The summed E-state index contributed by atoms with van der Waals surface area (Å²) in [4.78, 5) is 2.30. The van der Waals surface area contributed by atoms with Crippen LogP contribution in [0.15, 0.2) is 35.9 Å². The van der Waals surface area contributed by atoms with Crippen molar-refractivity contribution in [1.82, 2.24) is 4.90 Å². The van der Waals surface area contributed by atoms with E-state index < -0.39 is 0 Å². The number of rotatable bonds is 3. The second kappa shape index (κ2) is 5.27. The Hall–Kier alpha value is -1.42. The summed E-state index contributed by atoms with van der Waals surface area (Å²) in [7, 11) is 0. The van der Waals surface area contributed by atoms with Crippen LogP contribution in [0.3, 0.4) is 0 Å². The third-order valence-electron chi connectivity index (χ3n) is 3.14. The second-order valence-electron chi connectivity index (χ2n) is 4.26. The third-order valence-corrected chi connectivity index (χ3v) is 3.14. The van der Waals surface area contributed by atoms with E-state index in [4.69, 9.17) is 15.2 Å². The molecule has 1 saturated heterocycles. The normalized spacial score (nSPS) is 25.4. The molecule has 0 aromatic heterocycles. The molecule has 0 saturated carbocycles. The molecular formula is C13H20N2O2. The van der Waals surface area contributed by atoms with Crippen molar-refractivity contribution in [1.29, 1.82) is 0 Å². The van der Waals surface area contributed by atoms with Crippen molar-refractivity contribution in [3.63, 3.8) is 0 Å². The fourth-order valence-corrected chi connectivity index (χ4v) is 2.12. The summed E-state index contributed by atoms with van der Waals surface area (Å²) in [6, 6.07) is 0.303. The maximum Gasteiger partial charge on any atom is 0.144 e. The highest BCUT2D eigenvalue weighted by atomic mass is 16.5. The van der Waals surface area contributed by atoms with Crippen molar-refractivity contribution in [3.05, 3.63) is 35.9 Å². The average molecular weight is 236 g/mol. The third kappa shape index (κ3) is 2.47. The van der Waals surface area contributed by atoms with Gasteiger partial charge in [-0.25, -0.2) is 0 Å². The molecule has 17 heavy (non-hydrogen) atoms. The Kier molecular flexibility index (Phi) is 3.74. The van der Waals surface area contributed by atoms with Gasteiger partial charge in [0.05, 0.1) is 25.0 Å². The van der Waals surface area contributed by atoms with Crippen LogP contribution >= 0.6 is 0 Å². The van der Waals surface area contributed by atoms with Crippen LogP contribution in [0.5, 0.6) is 0 Å². The zero-order valence-corrected chi connectivity index (χ0v) is 10.3. The summed E-state index contributed by atoms with van der Waals surface area (Å²) < 4.78 is 11.2. The highest BCUT2D eigenvalue weighted by Crippen LogP contribution is 2.26. The molecule has 1 unspecified atom stereocenters. The molecule has 1 atom stereocenters. The molecule has 2 aliphatic rings. The van der Waals surface area contributed by atoms with E-state index in [0.29, 0.717) is 12.6 Å². The minimum absolute atomic E-state index is 0.303. The maximum atomic E-state index is 5.86. The summed E-state index contributed by atoms with van der Waals surface area (Å²) in [6.07, 6.45) is 4.57.